The Balaban J connectivity index is 2.05. The largest absolute Gasteiger partial charge is 0.324 e. The molecular weight excluding hydrogens is 343 g/mol. The summed E-state index contributed by atoms with van der Waals surface area (Å²) in [5, 5.41) is 2.77. The Labute approximate surface area is 140 Å². The van der Waals surface area contributed by atoms with Gasteiger partial charge >= 0.3 is 0 Å². The minimum atomic E-state index is -3.31. The van der Waals surface area contributed by atoms with Gasteiger partial charge in [0.1, 0.15) is 5.82 Å². The van der Waals surface area contributed by atoms with Crippen LogP contribution in [0.2, 0.25) is 5.02 Å². The minimum Gasteiger partial charge on any atom is -0.324 e. The van der Waals surface area contributed by atoms with Crippen molar-refractivity contribution in [3.8, 4) is 0 Å². The summed E-state index contributed by atoms with van der Waals surface area (Å²) in [5.41, 5.74) is 0.326. The van der Waals surface area contributed by atoms with E-state index in [0.717, 1.165) is 6.07 Å². The van der Waals surface area contributed by atoms with Gasteiger partial charge in [0.15, 0.2) is 0 Å². The predicted octanol–water partition coefficient (Wildman–Crippen LogP) is 2.87. The fourth-order valence-electron chi connectivity index (χ4n) is 2.62. The zero-order valence-electron chi connectivity index (χ0n) is 12.9. The molecule has 0 aliphatic carbocycles. The maximum atomic E-state index is 13.0. The second-order valence-electron chi connectivity index (χ2n) is 5.63. The molecule has 23 heavy (non-hydrogen) atoms. The zero-order valence-corrected chi connectivity index (χ0v) is 14.5. The van der Waals surface area contributed by atoms with Crippen molar-refractivity contribution in [1.29, 1.82) is 0 Å². The highest BCUT2D eigenvalue weighted by Crippen LogP contribution is 2.25. The van der Waals surface area contributed by atoms with Crippen LogP contribution < -0.4 is 5.32 Å². The lowest BCUT2D eigenvalue weighted by atomic mass is 9.98. The lowest BCUT2D eigenvalue weighted by molar-refractivity contribution is -0.120. The van der Waals surface area contributed by atoms with Crippen LogP contribution in [0.5, 0.6) is 0 Å². The van der Waals surface area contributed by atoms with Gasteiger partial charge in [0.25, 0.3) is 0 Å². The highest BCUT2D eigenvalue weighted by Gasteiger charge is 2.32. The zero-order chi connectivity index (χ0) is 17.0. The highest BCUT2D eigenvalue weighted by atomic mass is 35.5. The van der Waals surface area contributed by atoms with Crippen LogP contribution in [-0.2, 0) is 14.8 Å². The molecule has 1 aromatic carbocycles. The molecule has 8 heteroatoms. The number of anilines is 1. The number of piperidine rings is 1. The number of carbonyl (C=O) groups is 1. The van der Waals surface area contributed by atoms with Gasteiger partial charge in [0.05, 0.1) is 22.4 Å². The number of sulfonamides is 1. The number of nitrogens with one attached hydrogen (secondary N) is 1. The average molecular weight is 363 g/mol. The number of carbonyl (C=O) groups excluding carboxylic acids is 1. The van der Waals surface area contributed by atoms with E-state index in [-0.39, 0.29) is 23.2 Å². The van der Waals surface area contributed by atoms with Crippen molar-refractivity contribution in [2.24, 2.45) is 5.92 Å². The van der Waals surface area contributed by atoms with E-state index < -0.39 is 21.8 Å². The number of amides is 1. The topological polar surface area (TPSA) is 66.5 Å². The van der Waals surface area contributed by atoms with Crippen LogP contribution in [0.15, 0.2) is 18.2 Å². The molecule has 0 unspecified atom stereocenters. The molecule has 0 radical (unpaired) electrons. The molecule has 128 valence electrons. The molecule has 0 spiro atoms. The Bertz CT molecular complexity index is 681. The van der Waals surface area contributed by atoms with Crippen LogP contribution in [-0.4, -0.2) is 37.5 Å². The number of halogens is 2. The lowest BCUT2D eigenvalue weighted by Gasteiger charge is -2.31. The van der Waals surface area contributed by atoms with Gasteiger partial charge in [0.2, 0.25) is 15.9 Å². The van der Waals surface area contributed by atoms with Crippen LogP contribution in [0.3, 0.4) is 0 Å². The number of rotatable bonds is 5. The Morgan fingerprint density at radius 1 is 1.48 bits per heavy atom. The van der Waals surface area contributed by atoms with Crippen LogP contribution in [0.25, 0.3) is 0 Å². The molecule has 1 amide bonds. The third-order valence-electron chi connectivity index (χ3n) is 3.80. The first-order valence-corrected chi connectivity index (χ1v) is 9.56. The van der Waals surface area contributed by atoms with E-state index in [2.05, 4.69) is 5.32 Å². The summed E-state index contributed by atoms with van der Waals surface area (Å²) < 4.78 is 38.7. The first-order chi connectivity index (χ1) is 10.8. The second kappa shape index (κ2) is 7.59. The standard InChI is InChI=1S/C15H20ClFN2O3S/c1-2-8-23(21,22)19-7-3-4-11(10-19)15(20)18-14-6-5-12(17)9-13(14)16/h5-6,9,11H,2-4,7-8,10H2,1H3,(H,18,20)/t11-/m0/s1. The number of benzene rings is 1. The van der Waals surface area contributed by atoms with E-state index in [9.17, 15) is 17.6 Å². The fraction of sp³-hybridized carbons (Fsp3) is 0.533. The van der Waals surface area contributed by atoms with Crippen molar-refractivity contribution in [2.45, 2.75) is 26.2 Å². The Morgan fingerprint density at radius 2 is 2.22 bits per heavy atom. The number of hydrogen-bond acceptors (Lipinski definition) is 3. The van der Waals surface area contributed by atoms with Gasteiger partial charge in [-0.15, -0.1) is 0 Å². The smallest absolute Gasteiger partial charge is 0.228 e. The molecular formula is C15H20ClFN2O3S. The normalized spacial score (nSPS) is 19.5. The lowest BCUT2D eigenvalue weighted by Crippen LogP contribution is -2.44. The third kappa shape index (κ3) is 4.65. The maximum Gasteiger partial charge on any atom is 0.228 e. The SMILES string of the molecule is CCCS(=O)(=O)N1CCC[C@H](C(=O)Nc2ccc(F)cc2Cl)C1. The molecule has 1 aliphatic heterocycles. The molecule has 1 atom stereocenters. The molecule has 2 rings (SSSR count). The van der Waals surface area contributed by atoms with E-state index in [1.54, 1.807) is 0 Å². The Morgan fingerprint density at radius 3 is 2.87 bits per heavy atom. The summed E-state index contributed by atoms with van der Waals surface area (Å²) >= 11 is 5.89. The average Bonchev–Trinajstić information content (AvgIpc) is 2.50. The van der Waals surface area contributed by atoms with Crippen molar-refractivity contribution in [2.75, 3.05) is 24.2 Å². The van der Waals surface area contributed by atoms with Gasteiger partial charge < -0.3 is 5.32 Å². The molecule has 1 aliphatic rings. The summed E-state index contributed by atoms with van der Waals surface area (Å²) in [4.78, 5) is 12.4. The van der Waals surface area contributed by atoms with Crippen LogP contribution in [0.1, 0.15) is 26.2 Å². The minimum absolute atomic E-state index is 0.0884. The van der Waals surface area contributed by atoms with E-state index in [1.807, 2.05) is 6.92 Å². The summed E-state index contributed by atoms with van der Waals surface area (Å²) in [6, 6.07) is 3.72. The Hall–Kier alpha value is -1.18. The van der Waals surface area contributed by atoms with E-state index in [4.69, 9.17) is 11.6 Å². The monoisotopic (exact) mass is 362 g/mol. The van der Waals surface area contributed by atoms with Gasteiger partial charge in [0, 0.05) is 13.1 Å². The van der Waals surface area contributed by atoms with Crippen molar-refractivity contribution in [1.82, 2.24) is 4.31 Å². The molecule has 0 saturated carbocycles. The summed E-state index contributed by atoms with van der Waals surface area (Å²) in [5.74, 6) is -1.13. The fourth-order valence-corrected chi connectivity index (χ4v) is 4.42. The molecule has 1 aromatic rings. The van der Waals surface area contributed by atoms with Crippen LogP contribution >= 0.6 is 11.6 Å². The van der Waals surface area contributed by atoms with Gasteiger partial charge in [-0.05, 0) is 37.5 Å². The second-order valence-corrected chi connectivity index (χ2v) is 8.12. The first kappa shape index (κ1) is 18.2. The quantitative estimate of drug-likeness (QED) is 0.875. The van der Waals surface area contributed by atoms with Crippen molar-refractivity contribution >= 4 is 33.2 Å². The molecule has 1 saturated heterocycles. The van der Waals surface area contributed by atoms with Gasteiger partial charge in [-0.3, -0.25) is 4.79 Å². The summed E-state index contributed by atoms with van der Waals surface area (Å²) in [6.45, 7) is 2.43. The highest BCUT2D eigenvalue weighted by molar-refractivity contribution is 7.89. The third-order valence-corrected chi connectivity index (χ3v) is 6.15. The molecule has 1 fully saturated rings. The molecule has 1 heterocycles. The number of nitrogens with zero attached hydrogens (tertiary/aromatic N) is 1. The van der Waals surface area contributed by atoms with Crippen molar-refractivity contribution < 1.29 is 17.6 Å². The Kier molecular flexibility index (Phi) is 6.00. The van der Waals surface area contributed by atoms with E-state index >= 15 is 0 Å². The molecule has 1 N–H and O–H groups in total. The van der Waals surface area contributed by atoms with E-state index in [0.29, 0.717) is 31.5 Å². The molecule has 0 bridgehead atoms. The van der Waals surface area contributed by atoms with Gasteiger partial charge in [-0.2, -0.15) is 0 Å². The van der Waals surface area contributed by atoms with Crippen molar-refractivity contribution in [3.63, 3.8) is 0 Å². The summed E-state index contributed by atoms with van der Waals surface area (Å²) in [7, 11) is -3.31. The van der Waals surface area contributed by atoms with Crippen LogP contribution in [0.4, 0.5) is 10.1 Å². The summed E-state index contributed by atoms with van der Waals surface area (Å²) in [6.07, 6.45) is 1.79. The number of hydrogen-bond donors (Lipinski definition) is 1. The van der Waals surface area contributed by atoms with E-state index in [1.165, 1.54) is 16.4 Å². The van der Waals surface area contributed by atoms with Gasteiger partial charge in [-0.25, -0.2) is 17.1 Å². The molecule has 5 nitrogen and oxygen atoms in total. The van der Waals surface area contributed by atoms with Crippen molar-refractivity contribution in [3.05, 3.63) is 29.0 Å². The predicted molar refractivity (Wildman–Crippen MR) is 88.4 cm³/mol. The van der Waals surface area contributed by atoms with Gasteiger partial charge in [-0.1, -0.05) is 18.5 Å². The first-order valence-electron chi connectivity index (χ1n) is 7.57. The maximum absolute atomic E-state index is 13.0. The molecule has 0 aromatic heterocycles. The van der Waals surface area contributed by atoms with Crippen LogP contribution in [0, 0.1) is 11.7 Å².